The molecule has 1 aromatic rings. The molecule has 0 unspecified atom stereocenters. The minimum Gasteiger partial charge on any atom is -0.383 e. The van der Waals surface area contributed by atoms with Gasteiger partial charge in [-0.3, -0.25) is 9.59 Å². The summed E-state index contributed by atoms with van der Waals surface area (Å²) in [5.41, 5.74) is 1.72. The van der Waals surface area contributed by atoms with Gasteiger partial charge in [-0.05, 0) is 32.3 Å². The van der Waals surface area contributed by atoms with Crippen LogP contribution in [-0.2, 0) is 9.53 Å². The van der Waals surface area contributed by atoms with Crippen LogP contribution in [0.15, 0.2) is 12.3 Å². The molecule has 2 aliphatic heterocycles. The van der Waals surface area contributed by atoms with E-state index < -0.39 is 0 Å². The third-order valence-corrected chi connectivity index (χ3v) is 5.45. The number of nitrogens with one attached hydrogen (secondary N) is 1. The zero-order valence-electron chi connectivity index (χ0n) is 14.6. The van der Waals surface area contributed by atoms with Crippen molar-refractivity contribution in [2.24, 2.45) is 5.41 Å². The number of carbonyl (C=O) groups excluding carboxylic acids is 2. The Morgan fingerprint density at radius 2 is 2.21 bits per heavy atom. The predicted octanol–water partition coefficient (Wildman–Crippen LogP) is 1.81. The number of aromatic amines is 1. The molecule has 6 nitrogen and oxygen atoms in total. The number of hydrogen-bond acceptors (Lipinski definition) is 3. The van der Waals surface area contributed by atoms with Gasteiger partial charge in [-0.1, -0.05) is 0 Å². The van der Waals surface area contributed by atoms with Crippen molar-refractivity contribution in [1.29, 1.82) is 0 Å². The molecule has 132 valence electrons. The van der Waals surface area contributed by atoms with Crippen LogP contribution in [0, 0.1) is 12.3 Å². The number of amides is 2. The largest absolute Gasteiger partial charge is 0.383 e. The average molecular weight is 333 g/mol. The maximum absolute atomic E-state index is 12.8. The molecule has 1 atom stereocenters. The first-order valence-corrected chi connectivity index (χ1v) is 8.75. The lowest BCUT2D eigenvalue weighted by Crippen LogP contribution is -2.55. The summed E-state index contributed by atoms with van der Waals surface area (Å²) in [5.74, 6) is 0.316. The van der Waals surface area contributed by atoms with Gasteiger partial charge in [-0.15, -0.1) is 0 Å². The number of carbonyl (C=O) groups is 2. The Balaban J connectivity index is 1.71. The standard InChI is InChI=1S/C18H27N3O3/c1-14-15(5-8-19-14)17(23)21-9-3-6-18(13-21)7-4-16(22)20(12-18)10-11-24-2/h5,8,19H,3-4,6-7,9-13H2,1-2H3/t18-/m1/s1. The Bertz CT molecular complexity index is 612. The molecule has 0 aliphatic carbocycles. The smallest absolute Gasteiger partial charge is 0.255 e. The van der Waals surface area contributed by atoms with Crippen molar-refractivity contribution in [3.63, 3.8) is 0 Å². The molecular weight excluding hydrogens is 306 g/mol. The number of H-pyrrole nitrogens is 1. The molecule has 3 heterocycles. The summed E-state index contributed by atoms with van der Waals surface area (Å²) in [6.07, 6.45) is 5.36. The second kappa shape index (κ2) is 6.97. The molecule has 24 heavy (non-hydrogen) atoms. The van der Waals surface area contributed by atoms with Gasteiger partial charge in [-0.2, -0.15) is 0 Å². The number of aryl methyl sites for hydroxylation is 1. The molecule has 0 radical (unpaired) electrons. The zero-order chi connectivity index (χ0) is 17.2. The van der Waals surface area contributed by atoms with E-state index in [0.29, 0.717) is 19.6 Å². The van der Waals surface area contributed by atoms with Crippen molar-refractivity contribution < 1.29 is 14.3 Å². The van der Waals surface area contributed by atoms with E-state index in [-0.39, 0.29) is 17.2 Å². The lowest BCUT2D eigenvalue weighted by atomic mass is 9.73. The first kappa shape index (κ1) is 17.0. The first-order valence-electron chi connectivity index (χ1n) is 8.75. The van der Waals surface area contributed by atoms with Crippen LogP contribution in [0.3, 0.4) is 0 Å². The molecular formula is C18H27N3O3. The molecule has 1 spiro atoms. The second-order valence-corrected chi connectivity index (χ2v) is 7.15. The summed E-state index contributed by atoms with van der Waals surface area (Å²) >= 11 is 0. The summed E-state index contributed by atoms with van der Waals surface area (Å²) in [4.78, 5) is 32.0. The number of likely N-dealkylation sites (tertiary alicyclic amines) is 2. The lowest BCUT2D eigenvalue weighted by Gasteiger charge is -2.48. The van der Waals surface area contributed by atoms with Crippen LogP contribution in [0.1, 0.15) is 41.7 Å². The molecule has 1 N–H and O–H groups in total. The Hall–Kier alpha value is -1.82. The molecule has 2 amide bonds. The molecule has 0 bridgehead atoms. The SMILES string of the molecule is COCCN1C[C@@]2(CCCN(C(=O)c3cc[nH]c3C)C2)CCC1=O. The number of hydrogen-bond donors (Lipinski definition) is 1. The summed E-state index contributed by atoms with van der Waals surface area (Å²) in [5, 5.41) is 0. The van der Waals surface area contributed by atoms with E-state index in [2.05, 4.69) is 4.98 Å². The number of nitrogens with zero attached hydrogens (tertiary/aromatic N) is 2. The van der Waals surface area contributed by atoms with E-state index in [1.165, 1.54) is 0 Å². The highest BCUT2D eigenvalue weighted by atomic mass is 16.5. The van der Waals surface area contributed by atoms with Crippen LogP contribution >= 0.6 is 0 Å². The Morgan fingerprint density at radius 1 is 1.38 bits per heavy atom. The van der Waals surface area contributed by atoms with E-state index in [0.717, 1.165) is 50.2 Å². The van der Waals surface area contributed by atoms with Crippen molar-refractivity contribution >= 4 is 11.8 Å². The van der Waals surface area contributed by atoms with Gasteiger partial charge in [0.2, 0.25) is 5.91 Å². The molecule has 6 heteroatoms. The van der Waals surface area contributed by atoms with Gasteiger partial charge in [0.05, 0.1) is 12.2 Å². The third kappa shape index (κ3) is 3.34. The minimum absolute atomic E-state index is 0.0414. The third-order valence-electron chi connectivity index (χ3n) is 5.45. The zero-order valence-corrected chi connectivity index (χ0v) is 14.6. The van der Waals surface area contributed by atoms with Crippen molar-refractivity contribution in [1.82, 2.24) is 14.8 Å². The van der Waals surface area contributed by atoms with Gasteiger partial charge >= 0.3 is 0 Å². The van der Waals surface area contributed by atoms with Crippen molar-refractivity contribution in [3.05, 3.63) is 23.5 Å². The fourth-order valence-corrected chi connectivity index (χ4v) is 4.08. The lowest BCUT2D eigenvalue weighted by molar-refractivity contribution is -0.139. The fraction of sp³-hybridized carbons (Fsp3) is 0.667. The van der Waals surface area contributed by atoms with Gasteiger partial charge < -0.3 is 19.5 Å². The summed E-state index contributed by atoms with van der Waals surface area (Å²) in [6, 6.07) is 1.86. The Labute approximate surface area is 143 Å². The van der Waals surface area contributed by atoms with E-state index in [1.54, 1.807) is 7.11 Å². The summed E-state index contributed by atoms with van der Waals surface area (Å²) in [6.45, 7) is 5.42. The van der Waals surface area contributed by atoms with Gasteiger partial charge in [0.1, 0.15) is 0 Å². The van der Waals surface area contributed by atoms with Gasteiger partial charge in [-0.25, -0.2) is 0 Å². The van der Waals surface area contributed by atoms with E-state index >= 15 is 0 Å². The van der Waals surface area contributed by atoms with Crippen molar-refractivity contribution in [2.75, 3.05) is 39.9 Å². The van der Waals surface area contributed by atoms with Crippen LogP contribution < -0.4 is 0 Å². The molecule has 2 saturated heterocycles. The first-order chi connectivity index (χ1) is 11.5. The van der Waals surface area contributed by atoms with E-state index in [1.807, 2.05) is 29.0 Å². The van der Waals surface area contributed by atoms with Crippen molar-refractivity contribution in [2.45, 2.75) is 32.6 Å². The van der Waals surface area contributed by atoms with Gasteiger partial charge in [0.25, 0.3) is 5.91 Å². The molecule has 2 fully saturated rings. The summed E-state index contributed by atoms with van der Waals surface area (Å²) in [7, 11) is 1.66. The topological polar surface area (TPSA) is 65.6 Å². The van der Waals surface area contributed by atoms with Crippen LogP contribution in [0.4, 0.5) is 0 Å². The van der Waals surface area contributed by atoms with Crippen molar-refractivity contribution in [3.8, 4) is 0 Å². The number of piperidine rings is 2. The second-order valence-electron chi connectivity index (χ2n) is 7.15. The molecule has 0 aromatic carbocycles. The number of rotatable bonds is 4. The van der Waals surface area contributed by atoms with Gasteiger partial charge in [0.15, 0.2) is 0 Å². The average Bonchev–Trinajstić information content (AvgIpc) is 3.01. The minimum atomic E-state index is 0.0414. The van der Waals surface area contributed by atoms with E-state index in [4.69, 9.17) is 4.74 Å². The fourth-order valence-electron chi connectivity index (χ4n) is 4.08. The van der Waals surface area contributed by atoms with Crippen LogP contribution in [0.5, 0.6) is 0 Å². The molecule has 2 aliphatic rings. The normalized spacial score (nSPS) is 24.7. The van der Waals surface area contributed by atoms with E-state index in [9.17, 15) is 9.59 Å². The number of aromatic nitrogens is 1. The maximum Gasteiger partial charge on any atom is 0.255 e. The van der Waals surface area contributed by atoms with Crippen LogP contribution in [0.2, 0.25) is 0 Å². The quantitative estimate of drug-likeness (QED) is 0.914. The number of ether oxygens (including phenoxy) is 1. The maximum atomic E-state index is 12.8. The summed E-state index contributed by atoms with van der Waals surface area (Å²) < 4.78 is 5.13. The predicted molar refractivity (Wildman–Crippen MR) is 90.8 cm³/mol. The molecule has 0 saturated carbocycles. The Morgan fingerprint density at radius 3 is 2.92 bits per heavy atom. The highest BCUT2D eigenvalue weighted by molar-refractivity contribution is 5.95. The Kier molecular flexibility index (Phi) is 4.94. The number of methoxy groups -OCH3 is 1. The van der Waals surface area contributed by atoms with Crippen LogP contribution in [0.25, 0.3) is 0 Å². The monoisotopic (exact) mass is 333 g/mol. The molecule has 3 rings (SSSR count). The van der Waals surface area contributed by atoms with Crippen LogP contribution in [-0.4, -0.2) is 66.5 Å². The molecule has 1 aromatic heterocycles. The highest BCUT2D eigenvalue weighted by Gasteiger charge is 2.42. The highest BCUT2D eigenvalue weighted by Crippen LogP contribution is 2.39. The van der Waals surface area contributed by atoms with Gasteiger partial charge in [0, 0.05) is 57.0 Å².